The molecule has 0 aromatic carbocycles. The van der Waals surface area contributed by atoms with Gasteiger partial charge in [0, 0.05) is 6.04 Å². The van der Waals surface area contributed by atoms with E-state index in [1.807, 2.05) is 0 Å². The van der Waals surface area contributed by atoms with Crippen molar-refractivity contribution in [3.63, 3.8) is 0 Å². The fraction of sp³-hybridized carbons (Fsp3) is 0.875. The molecule has 2 fully saturated rings. The molecule has 0 spiro atoms. The minimum absolute atomic E-state index is 0.0606. The minimum atomic E-state index is -0.293. The van der Waals surface area contributed by atoms with Crippen LogP contribution in [0.4, 0.5) is 4.79 Å². The molecule has 0 radical (unpaired) electrons. The summed E-state index contributed by atoms with van der Waals surface area (Å²) in [4.78, 5) is 12.9. The topological polar surface area (TPSA) is 49.8 Å². The number of amides is 1. The Morgan fingerprint density at radius 1 is 1.58 bits per heavy atom. The van der Waals surface area contributed by atoms with Crippen molar-refractivity contribution in [2.24, 2.45) is 0 Å². The number of rotatable bonds is 2. The third-order valence-electron chi connectivity index (χ3n) is 2.62. The second kappa shape index (κ2) is 2.94. The molecule has 12 heavy (non-hydrogen) atoms. The lowest BCUT2D eigenvalue weighted by Gasteiger charge is -2.32. The third kappa shape index (κ3) is 1.16. The van der Waals surface area contributed by atoms with Crippen molar-refractivity contribution in [3.05, 3.63) is 0 Å². The summed E-state index contributed by atoms with van der Waals surface area (Å²) < 4.78 is 4.92. The van der Waals surface area contributed by atoms with Gasteiger partial charge in [-0.05, 0) is 19.3 Å². The zero-order valence-electron chi connectivity index (χ0n) is 6.90. The molecule has 1 atom stereocenters. The molecule has 1 amide bonds. The van der Waals surface area contributed by atoms with Gasteiger partial charge in [0.25, 0.3) is 0 Å². The van der Waals surface area contributed by atoms with Crippen LogP contribution in [-0.2, 0) is 4.74 Å². The van der Waals surface area contributed by atoms with Crippen LogP contribution in [0.15, 0.2) is 0 Å². The predicted octanol–water partition coefficient (Wildman–Crippen LogP) is 0.352. The quantitative estimate of drug-likeness (QED) is 0.652. The van der Waals surface area contributed by atoms with Crippen LogP contribution < -0.4 is 0 Å². The number of carbonyl (C=O) groups is 1. The number of hydrogen-bond acceptors (Lipinski definition) is 3. The van der Waals surface area contributed by atoms with Gasteiger partial charge in [-0.1, -0.05) is 0 Å². The third-order valence-corrected chi connectivity index (χ3v) is 2.62. The number of carbonyl (C=O) groups excluding carboxylic acids is 1. The molecule has 1 saturated heterocycles. The van der Waals surface area contributed by atoms with Crippen LogP contribution in [-0.4, -0.2) is 41.4 Å². The minimum Gasteiger partial charge on any atom is -0.442 e. The van der Waals surface area contributed by atoms with E-state index in [0.29, 0.717) is 12.6 Å². The Morgan fingerprint density at radius 2 is 2.33 bits per heavy atom. The van der Waals surface area contributed by atoms with Crippen molar-refractivity contribution in [3.8, 4) is 0 Å². The highest BCUT2D eigenvalue weighted by Crippen LogP contribution is 2.28. The summed E-state index contributed by atoms with van der Waals surface area (Å²) in [7, 11) is 0. The number of hydrogen-bond donors (Lipinski definition) is 1. The second-order valence-electron chi connectivity index (χ2n) is 3.43. The van der Waals surface area contributed by atoms with Gasteiger partial charge in [-0.3, -0.25) is 0 Å². The van der Waals surface area contributed by atoms with Crippen molar-refractivity contribution in [1.82, 2.24) is 4.90 Å². The molecule has 0 unspecified atom stereocenters. The lowest BCUT2D eigenvalue weighted by Crippen LogP contribution is -2.41. The van der Waals surface area contributed by atoms with E-state index >= 15 is 0 Å². The first kappa shape index (κ1) is 7.86. The average molecular weight is 171 g/mol. The Kier molecular flexibility index (Phi) is 1.92. The zero-order valence-corrected chi connectivity index (χ0v) is 6.90. The van der Waals surface area contributed by atoms with Crippen LogP contribution in [0.3, 0.4) is 0 Å². The lowest BCUT2D eigenvalue weighted by molar-refractivity contribution is 0.0924. The van der Waals surface area contributed by atoms with E-state index in [1.165, 1.54) is 6.42 Å². The number of nitrogens with zero attached hydrogens (tertiary/aromatic N) is 1. The molecule has 4 heteroatoms. The molecule has 2 aliphatic rings. The summed E-state index contributed by atoms with van der Waals surface area (Å²) >= 11 is 0. The first-order chi connectivity index (χ1) is 5.81. The number of aliphatic hydroxyl groups is 1. The molecular weight excluding hydrogens is 158 g/mol. The Hall–Kier alpha value is -0.770. The maximum absolute atomic E-state index is 11.2. The van der Waals surface area contributed by atoms with Gasteiger partial charge >= 0.3 is 6.09 Å². The Labute approximate surface area is 71.1 Å². The number of aliphatic hydroxyl groups excluding tert-OH is 1. The van der Waals surface area contributed by atoms with E-state index in [0.717, 1.165) is 12.8 Å². The molecule has 4 nitrogen and oxygen atoms in total. The summed E-state index contributed by atoms with van der Waals surface area (Å²) in [5, 5.41) is 8.77. The first-order valence-corrected chi connectivity index (χ1v) is 4.39. The molecule has 0 bridgehead atoms. The largest absolute Gasteiger partial charge is 0.442 e. The molecule has 1 aliphatic heterocycles. The predicted molar refractivity (Wildman–Crippen MR) is 41.7 cm³/mol. The summed E-state index contributed by atoms with van der Waals surface area (Å²) in [6.07, 6.45) is 2.84. The normalized spacial score (nSPS) is 30.2. The molecule has 68 valence electrons. The highest BCUT2D eigenvalue weighted by Gasteiger charge is 2.37. The summed E-state index contributed by atoms with van der Waals surface area (Å²) in [6, 6.07) is 0.383. The van der Waals surface area contributed by atoms with Crippen molar-refractivity contribution < 1.29 is 14.6 Å². The Bertz CT molecular complexity index is 191. The van der Waals surface area contributed by atoms with Crippen molar-refractivity contribution in [1.29, 1.82) is 0 Å². The van der Waals surface area contributed by atoms with Gasteiger partial charge in [-0.15, -0.1) is 0 Å². The van der Waals surface area contributed by atoms with Gasteiger partial charge in [0.2, 0.25) is 0 Å². The van der Waals surface area contributed by atoms with Crippen LogP contribution in [0, 0.1) is 0 Å². The van der Waals surface area contributed by atoms with Gasteiger partial charge in [-0.25, -0.2) is 4.79 Å². The van der Waals surface area contributed by atoms with E-state index in [-0.39, 0.29) is 18.8 Å². The van der Waals surface area contributed by atoms with Crippen molar-refractivity contribution >= 4 is 6.09 Å². The van der Waals surface area contributed by atoms with Crippen LogP contribution in [0.25, 0.3) is 0 Å². The first-order valence-electron chi connectivity index (χ1n) is 4.39. The van der Waals surface area contributed by atoms with Crippen molar-refractivity contribution in [2.75, 3.05) is 13.2 Å². The van der Waals surface area contributed by atoms with Crippen LogP contribution >= 0.6 is 0 Å². The Morgan fingerprint density at radius 3 is 2.75 bits per heavy atom. The monoisotopic (exact) mass is 171 g/mol. The molecule has 1 N–H and O–H groups in total. The zero-order chi connectivity index (χ0) is 8.55. The molecule has 0 aromatic heterocycles. The molecule has 1 heterocycles. The molecule has 1 saturated carbocycles. The van der Waals surface area contributed by atoms with Crippen LogP contribution in [0.5, 0.6) is 0 Å². The fourth-order valence-electron chi connectivity index (χ4n) is 1.63. The van der Waals surface area contributed by atoms with Gasteiger partial charge in [0.15, 0.2) is 0 Å². The maximum atomic E-state index is 11.2. The van der Waals surface area contributed by atoms with E-state index in [2.05, 4.69) is 0 Å². The summed E-state index contributed by atoms with van der Waals surface area (Å²) in [5.41, 5.74) is 0. The molecule has 1 aliphatic carbocycles. The molecular formula is C8H13NO3. The van der Waals surface area contributed by atoms with E-state index in [9.17, 15) is 4.79 Å². The van der Waals surface area contributed by atoms with E-state index < -0.39 is 0 Å². The lowest BCUT2D eigenvalue weighted by atomic mass is 9.92. The highest BCUT2D eigenvalue weighted by molar-refractivity contribution is 5.70. The highest BCUT2D eigenvalue weighted by atomic mass is 16.6. The summed E-state index contributed by atoms with van der Waals surface area (Å²) in [5.74, 6) is 0. The average Bonchev–Trinajstić information content (AvgIpc) is 2.29. The van der Waals surface area contributed by atoms with Gasteiger partial charge in [-0.2, -0.15) is 0 Å². The van der Waals surface area contributed by atoms with Gasteiger partial charge < -0.3 is 14.7 Å². The summed E-state index contributed by atoms with van der Waals surface area (Å²) in [6.45, 7) is 0.509. The van der Waals surface area contributed by atoms with Gasteiger partial charge in [0.1, 0.15) is 6.10 Å². The smallest absolute Gasteiger partial charge is 0.410 e. The number of ether oxygens (including phenoxy) is 1. The Balaban J connectivity index is 1.93. The SMILES string of the molecule is O=C1O[C@@H](CO)CN1C1CCC1. The standard InChI is InChI=1S/C8H13NO3/c10-5-7-4-9(8(11)12-7)6-2-1-3-6/h6-7,10H,1-5H2/t7-/m1/s1. The van der Waals surface area contributed by atoms with Crippen LogP contribution in [0.1, 0.15) is 19.3 Å². The maximum Gasteiger partial charge on any atom is 0.410 e. The molecule has 0 aromatic rings. The van der Waals surface area contributed by atoms with Crippen LogP contribution in [0.2, 0.25) is 0 Å². The fourth-order valence-corrected chi connectivity index (χ4v) is 1.63. The van der Waals surface area contributed by atoms with E-state index in [1.54, 1.807) is 4.90 Å². The molecule has 2 rings (SSSR count). The number of cyclic esters (lactones) is 1. The van der Waals surface area contributed by atoms with E-state index in [4.69, 9.17) is 9.84 Å². The van der Waals surface area contributed by atoms with Gasteiger partial charge in [0.05, 0.1) is 13.2 Å². The van der Waals surface area contributed by atoms with Crippen molar-refractivity contribution in [2.45, 2.75) is 31.4 Å². The second-order valence-corrected chi connectivity index (χ2v) is 3.43.